The van der Waals surface area contributed by atoms with Crippen molar-refractivity contribution < 1.29 is 9.53 Å². The molecule has 31 heavy (non-hydrogen) atoms. The molecule has 5 aromatic rings. The second-order valence-corrected chi connectivity index (χ2v) is 9.68. The zero-order valence-corrected chi connectivity index (χ0v) is 18.5. The van der Waals surface area contributed by atoms with Crippen LogP contribution >= 0.6 is 22.7 Å². The number of thiazole rings is 2. The van der Waals surface area contributed by atoms with Crippen LogP contribution in [-0.4, -0.2) is 51.4 Å². The zero-order chi connectivity index (χ0) is 21.9. The summed E-state index contributed by atoms with van der Waals surface area (Å²) in [6, 6.07) is 1.79. The van der Waals surface area contributed by atoms with E-state index in [9.17, 15) is 9.59 Å². The minimum absolute atomic E-state index is 0.167. The number of hydrogen-bond acceptors (Lipinski definition) is 10. The number of rotatable bonds is 2. The molecule has 0 atom stereocenters. The summed E-state index contributed by atoms with van der Waals surface area (Å²) in [5.41, 5.74) is 0.964. The standard InChI is InChI=1S/C18H16N8O3S2/c1-18(2,3)29-17(28)26-6-5-8-9(12-22-24-25(4)23-12)7-19-10(11(8)26)13-20-14-15(30-13)21-16(27)31-14/h5-7H,1-4H3,(H,21,27). The van der Waals surface area contributed by atoms with E-state index in [1.807, 2.05) is 0 Å². The number of carbonyl (C=O) groups excluding carboxylic acids is 1. The van der Waals surface area contributed by atoms with Gasteiger partial charge in [-0.3, -0.25) is 14.3 Å². The number of fused-ring (bicyclic) bond motifs is 2. The maximum absolute atomic E-state index is 12.9. The van der Waals surface area contributed by atoms with Crippen molar-refractivity contribution >= 4 is 49.3 Å². The summed E-state index contributed by atoms with van der Waals surface area (Å²) in [5, 5.41) is 13.5. The normalized spacial score (nSPS) is 12.1. The minimum atomic E-state index is -0.672. The van der Waals surface area contributed by atoms with Gasteiger partial charge in [-0.1, -0.05) is 22.7 Å². The first-order chi connectivity index (χ1) is 14.7. The molecule has 0 aromatic carbocycles. The predicted octanol–water partition coefficient (Wildman–Crippen LogP) is 3.04. The molecule has 0 saturated carbocycles. The van der Waals surface area contributed by atoms with Gasteiger partial charge < -0.3 is 9.72 Å². The summed E-state index contributed by atoms with van der Waals surface area (Å²) in [4.78, 5) is 38.8. The van der Waals surface area contributed by atoms with Gasteiger partial charge in [0, 0.05) is 17.8 Å². The Balaban J connectivity index is 1.76. The maximum atomic E-state index is 12.9. The van der Waals surface area contributed by atoms with Crippen LogP contribution in [0.5, 0.6) is 0 Å². The maximum Gasteiger partial charge on any atom is 0.419 e. The topological polar surface area (TPSA) is 133 Å². The van der Waals surface area contributed by atoms with E-state index in [0.29, 0.717) is 42.7 Å². The van der Waals surface area contributed by atoms with Crippen LogP contribution in [0.3, 0.4) is 0 Å². The van der Waals surface area contributed by atoms with Crippen LogP contribution < -0.4 is 4.87 Å². The fourth-order valence-corrected chi connectivity index (χ4v) is 4.94. The van der Waals surface area contributed by atoms with Crippen molar-refractivity contribution in [2.75, 3.05) is 0 Å². The van der Waals surface area contributed by atoms with Gasteiger partial charge in [0.05, 0.1) is 18.1 Å². The number of hydrogen-bond donors (Lipinski definition) is 1. The molecule has 5 rings (SSSR count). The third-order valence-electron chi connectivity index (χ3n) is 4.27. The van der Waals surface area contributed by atoms with Crippen molar-refractivity contribution in [3.8, 4) is 22.1 Å². The number of nitrogens with one attached hydrogen (secondary N) is 1. The largest absolute Gasteiger partial charge is 0.443 e. The van der Waals surface area contributed by atoms with Gasteiger partial charge in [-0.15, -0.1) is 10.2 Å². The molecule has 1 N–H and O–H groups in total. The highest BCUT2D eigenvalue weighted by atomic mass is 32.1. The second-order valence-electron chi connectivity index (χ2n) is 7.72. The van der Waals surface area contributed by atoms with Gasteiger partial charge in [-0.05, 0) is 32.1 Å². The van der Waals surface area contributed by atoms with Gasteiger partial charge in [-0.25, -0.2) is 9.78 Å². The molecule has 158 valence electrons. The number of H-pyrrole nitrogens is 1. The smallest absolute Gasteiger partial charge is 0.419 e. The highest BCUT2D eigenvalue weighted by Gasteiger charge is 2.25. The molecule has 5 heterocycles. The molecule has 0 aliphatic heterocycles. The Bertz CT molecular complexity index is 1480. The Morgan fingerprint density at radius 2 is 2.06 bits per heavy atom. The fourth-order valence-electron chi connectivity index (χ4n) is 3.10. The second kappa shape index (κ2) is 6.78. The summed E-state index contributed by atoms with van der Waals surface area (Å²) in [6.45, 7) is 5.40. The molecular formula is C18H16N8O3S2. The predicted molar refractivity (Wildman–Crippen MR) is 116 cm³/mol. The number of ether oxygens (including phenoxy) is 1. The van der Waals surface area contributed by atoms with E-state index in [4.69, 9.17) is 4.74 Å². The first-order valence-electron chi connectivity index (χ1n) is 9.17. The zero-order valence-electron chi connectivity index (χ0n) is 16.9. The van der Waals surface area contributed by atoms with Crippen LogP contribution in [-0.2, 0) is 11.8 Å². The Morgan fingerprint density at radius 1 is 1.26 bits per heavy atom. The molecule has 11 nitrogen and oxygen atoms in total. The number of aromatic amines is 1. The summed E-state index contributed by atoms with van der Waals surface area (Å²) in [7, 11) is 1.67. The SMILES string of the molecule is Cn1nnc(-c2cnc(-c3nc4sc(=O)[nH]c4s3)c3c2ccn3C(=O)OC(C)(C)C)n1. The highest BCUT2D eigenvalue weighted by molar-refractivity contribution is 7.27. The lowest BCUT2D eigenvalue weighted by Crippen LogP contribution is -2.26. The summed E-state index contributed by atoms with van der Waals surface area (Å²) in [5.74, 6) is 0.387. The quantitative estimate of drug-likeness (QED) is 0.428. The lowest BCUT2D eigenvalue weighted by atomic mass is 10.1. The molecule has 0 aliphatic carbocycles. The Kier molecular flexibility index (Phi) is 4.27. The number of tetrazole rings is 1. The van der Waals surface area contributed by atoms with Crippen molar-refractivity contribution in [1.82, 2.24) is 39.7 Å². The Hall–Kier alpha value is -3.45. The van der Waals surface area contributed by atoms with Crippen LogP contribution in [0.1, 0.15) is 20.8 Å². The number of carbonyl (C=O) groups is 1. The van der Waals surface area contributed by atoms with E-state index in [0.717, 1.165) is 11.3 Å². The van der Waals surface area contributed by atoms with Crippen LogP contribution in [0.15, 0.2) is 23.3 Å². The van der Waals surface area contributed by atoms with Crippen molar-refractivity contribution in [2.45, 2.75) is 26.4 Å². The van der Waals surface area contributed by atoms with Gasteiger partial charge in [0.25, 0.3) is 0 Å². The van der Waals surface area contributed by atoms with E-state index in [1.165, 1.54) is 20.7 Å². The summed E-state index contributed by atoms with van der Waals surface area (Å²) < 4.78 is 6.98. The molecule has 5 aromatic heterocycles. The van der Waals surface area contributed by atoms with Crippen molar-refractivity contribution in [3.05, 3.63) is 28.1 Å². The van der Waals surface area contributed by atoms with Crippen LogP contribution in [0.4, 0.5) is 4.79 Å². The van der Waals surface area contributed by atoms with Gasteiger partial charge in [-0.2, -0.15) is 4.80 Å². The van der Waals surface area contributed by atoms with Crippen LogP contribution in [0, 0.1) is 0 Å². The lowest BCUT2D eigenvalue weighted by molar-refractivity contribution is 0.0544. The average Bonchev–Trinajstić information content (AvgIpc) is 3.42. The molecule has 0 bridgehead atoms. The van der Waals surface area contributed by atoms with E-state index in [2.05, 4.69) is 30.4 Å². The van der Waals surface area contributed by atoms with E-state index in [1.54, 1.807) is 46.3 Å². The Labute approximate surface area is 182 Å². The van der Waals surface area contributed by atoms with Gasteiger partial charge in [0.1, 0.15) is 21.1 Å². The van der Waals surface area contributed by atoms with Crippen LogP contribution in [0.2, 0.25) is 0 Å². The molecule has 0 aliphatic rings. The lowest BCUT2D eigenvalue weighted by Gasteiger charge is -2.20. The molecular weight excluding hydrogens is 440 g/mol. The third kappa shape index (κ3) is 3.41. The molecule has 0 spiro atoms. The summed E-state index contributed by atoms with van der Waals surface area (Å²) in [6.07, 6.45) is 2.72. The van der Waals surface area contributed by atoms with Crippen molar-refractivity contribution in [3.63, 3.8) is 0 Å². The highest BCUT2D eigenvalue weighted by Crippen LogP contribution is 2.37. The molecule has 0 unspecified atom stereocenters. The average molecular weight is 457 g/mol. The van der Waals surface area contributed by atoms with E-state index in [-0.39, 0.29) is 4.87 Å². The number of aromatic nitrogens is 8. The third-order valence-corrected chi connectivity index (χ3v) is 6.15. The molecule has 13 heteroatoms. The van der Waals surface area contributed by atoms with E-state index >= 15 is 0 Å². The first kappa shape index (κ1) is 19.5. The molecule has 0 radical (unpaired) electrons. The van der Waals surface area contributed by atoms with Gasteiger partial charge in [0.2, 0.25) is 5.82 Å². The first-order valence-corrected chi connectivity index (χ1v) is 10.8. The van der Waals surface area contributed by atoms with Crippen molar-refractivity contribution in [2.24, 2.45) is 7.05 Å². The molecule has 0 saturated heterocycles. The summed E-state index contributed by atoms with van der Waals surface area (Å²) >= 11 is 2.32. The van der Waals surface area contributed by atoms with Gasteiger partial charge in [0.15, 0.2) is 4.83 Å². The fraction of sp³-hybridized carbons (Fsp3) is 0.278. The number of aryl methyl sites for hydroxylation is 1. The van der Waals surface area contributed by atoms with Crippen molar-refractivity contribution in [1.29, 1.82) is 0 Å². The number of pyridine rings is 1. The minimum Gasteiger partial charge on any atom is -0.443 e. The molecule has 0 amide bonds. The van der Waals surface area contributed by atoms with Gasteiger partial charge >= 0.3 is 11.0 Å². The molecule has 0 fully saturated rings. The number of nitrogens with zero attached hydrogens (tertiary/aromatic N) is 7. The monoisotopic (exact) mass is 456 g/mol. The Morgan fingerprint density at radius 3 is 2.74 bits per heavy atom. The van der Waals surface area contributed by atoms with E-state index < -0.39 is 11.7 Å². The van der Waals surface area contributed by atoms with Crippen LogP contribution in [0.25, 0.3) is 42.7 Å².